The molecule has 2 nitrogen and oxygen atoms in total. The molecule has 124 valence electrons. The quantitative estimate of drug-likeness (QED) is 0.727. The highest BCUT2D eigenvalue weighted by atomic mass is 19.1. The lowest BCUT2D eigenvalue weighted by molar-refractivity contribution is 0.0297. The Kier molecular flexibility index (Phi) is 4.88. The van der Waals surface area contributed by atoms with Crippen molar-refractivity contribution in [3.63, 3.8) is 0 Å². The van der Waals surface area contributed by atoms with Gasteiger partial charge in [-0.25, -0.2) is 4.39 Å². The average Bonchev–Trinajstić information content (AvgIpc) is 2.61. The normalized spacial score (nSPS) is 18.2. The zero-order valence-corrected chi connectivity index (χ0v) is 14.4. The lowest BCUT2D eigenvalue weighted by Crippen LogP contribution is -2.41. The van der Waals surface area contributed by atoms with E-state index < -0.39 is 7.12 Å². The van der Waals surface area contributed by atoms with Crippen LogP contribution in [0.5, 0.6) is 0 Å². The zero-order chi connectivity index (χ0) is 17.2. The van der Waals surface area contributed by atoms with Crippen molar-refractivity contribution >= 4 is 12.7 Å². The first-order valence-corrected chi connectivity index (χ1v) is 8.22. The van der Waals surface area contributed by atoms with Gasteiger partial charge < -0.3 is 9.31 Å². The van der Waals surface area contributed by atoms with Crippen LogP contribution in [0.1, 0.15) is 26.3 Å². The first-order valence-electron chi connectivity index (χ1n) is 8.22. The Balaban J connectivity index is 1.78. The Morgan fingerprint density at radius 3 is 2.04 bits per heavy atom. The minimum Gasteiger partial charge on any atom is -0.405 e. The summed E-state index contributed by atoms with van der Waals surface area (Å²) in [5.41, 5.74) is 3.23. The van der Waals surface area contributed by atoms with E-state index in [0.29, 0.717) is 18.8 Å². The molecule has 3 rings (SSSR count). The summed E-state index contributed by atoms with van der Waals surface area (Å²) in [5, 5.41) is 0. The molecule has 1 aliphatic heterocycles. The lowest BCUT2D eigenvalue weighted by atomic mass is 9.79. The summed E-state index contributed by atoms with van der Waals surface area (Å²) in [7, 11) is -0.896. The van der Waals surface area contributed by atoms with E-state index in [0.717, 1.165) is 16.7 Å². The van der Waals surface area contributed by atoms with Gasteiger partial charge in [-0.2, -0.15) is 0 Å². The molecule has 1 fully saturated rings. The fourth-order valence-electron chi connectivity index (χ4n) is 2.70. The maximum atomic E-state index is 14.7. The fraction of sp³-hybridized carbons (Fsp3) is 0.300. The van der Waals surface area contributed by atoms with Crippen LogP contribution in [0.3, 0.4) is 0 Å². The van der Waals surface area contributed by atoms with Gasteiger partial charge in [-0.3, -0.25) is 0 Å². The summed E-state index contributed by atoms with van der Waals surface area (Å²) in [6.07, 6.45) is 0. The second-order valence-electron chi connectivity index (χ2n) is 7.03. The van der Waals surface area contributed by atoms with E-state index in [1.807, 2.05) is 56.3 Å². The summed E-state index contributed by atoms with van der Waals surface area (Å²) in [4.78, 5) is 0. The Morgan fingerprint density at radius 2 is 1.46 bits per heavy atom. The summed E-state index contributed by atoms with van der Waals surface area (Å²) >= 11 is 0. The Hall–Kier alpha value is -1.91. The first-order chi connectivity index (χ1) is 11.5. The Morgan fingerprint density at radius 1 is 0.917 bits per heavy atom. The summed E-state index contributed by atoms with van der Waals surface area (Å²) in [6.45, 7) is 6.83. The van der Waals surface area contributed by atoms with Gasteiger partial charge in [-0.05, 0) is 29.2 Å². The van der Waals surface area contributed by atoms with E-state index >= 15 is 0 Å². The van der Waals surface area contributed by atoms with E-state index in [2.05, 4.69) is 12.1 Å². The van der Waals surface area contributed by atoms with E-state index in [1.54, 1.807) is 6.92 Å². The van der Waals surface area contributed by atoms with Gasteiger partial charge in [0.2, 0.25) is 0 Å². The SMILES string of the molecule is C/C(=C(/F)B1OCC(C)(C)CO1)c1ccc(-c2ccccc2)cc1. The molecular weight excluding hydrogens is 302 g/mol. The molecule has 0 saturated carbocycles. The Labute approximate surface area is 143 Å². The van der Waals surface area contributed by atoms with Crippen LogP contribution >= 0.6 is 0 Å². The predicted molar refractivity (Wildman–Crippen MR) is 97.0 cm³/mol. The van der Waals surface area contributed by atoms with Gasteiger partial charge in [0.1, 0.15) is 5.73 Å². The van der Waals surface area contributed by atoms with Gasteiger partial charge in [-0.1, -0.05) is 68.4 Å². The van der Waals surface area contributed by atoms with Crippen molar-refractivity contribution in [1.29, 1.82) is 0 Å². The summed E-state index contributed by atoms with van der Waals surface area (Å²) < 4.78 is 25.7. The van der Waals surface area contributed by atoms with Crippen LogP contribution in [-0.2, 0) is 9.31 Å². The third-order valence-corrected chi connectivity index (χ3v) is 4.24. The van der Waals surface area contributed by atoms with Crippen molar-refractivity contribution in [2.75, 3.05) is 13.2 Å². The number of rotatable bonds is 3. The van der Waals surface area contributed by atoms with E-state index in [-0.39, 0.29) is 11.1 Å². The third kappa shape index (κ3) is 3.77. The molecule has 0 N–H and O–H groups in total. The third-order valence-electron chi connectivity index (χ3n) is 4.24. The molecule has 2 aromatic rings. The van der Waals surface area contributed by atoms with Gasteiger partial charge >= 0.3 is 7.12 Å². The maximum Gasteiger partial charge on any atom is 0.524 e. The van der Waals surface area contributed by atoms with Crippen molar-refractivity contribution in [3.8, 4) is 11.1 Å². The van der Waals surface area contributed by atoms with Gasteiger partial charge in [0, 0.05) is 18.6 Å². The molecule has 0 atom stereocenters. The van der Waals surface area contributed by atoms with Crippen LogP contribution in [0.2, 0.25) is 0 Å². The molecule has 24 heavy (non-hydrogen) atoms. The molecule has 1 aliphatic rings. The molecule has 0 aromatic heterocycles. The van der Waals surface area contributed by atoms with Crippen LogP contribution in [0.25, 0.3) is 16.7 Å². The van der Waals surface area contributed by atoms with Crippen molar-refractivity contribution in [2.24, 2.45) is 5.41 Å². The van der Waals surface area contributed by atoms with Crippen molar-refractivity contribution in [2.45, 2.75) is 20.8 Å². The molecule has 4 heteroatoms. The van der Waals surface area contributed by atoms with Crippen molar-refractivity contribution < 1.29 is 13.7 Å². The number of benzene rings is 2. The molecule has 0 amide bonds. The van der Waals surface area contributed by atoms with Crippen LogP contribution in [0.4, 0.5) is 4.39 Å². The number of hydrogen-bond donors (Lipinski definition) is 0. The van der Waals surface area contributed by atoms with E-state index in [4.69, 9.17) is 9.31 Å². The monoisotopic (exact) mass is 324 g/mol. The lowest BCUT2D eigenvalue weighted by Gasteiger charge is -2.32. The van der Waals surface area contributed by atoms with Gasteiger partial charge in [0.05, 0.1) is 0 Å². The highest BCUT2D eigenvalue weighted by Crippen LogP contribution is 2.29. The number of halogens is 1. The zero-order valence-electron chi connectivity index (χ0n) is 14.4. The molecule has 2 aromatic carbocycles. The van der Waals surface area contributed by atoms with Crippen molar-refractivity contribution in [1.82, 2.24) is 0 Å². The Bertz CT molecular complexity index is 713. The maximum absolute atomic E-state index is 14.7. The molecule has 0 bridgehead atoms. The predicted octanol–water partition coefficient (Wildman–Crippen LogP) is 5.15. The van der Waals surface area contributed by atoms with Crippen LogP contribution in [0.15, 0.2) is 60.3 Å². The molecular formula is C20H22BFO2. The number of allylic oxidation sites excluding steroid dienone is 1. The summed E-state index contributed by atoms with van der Waals surface area (Å²) in [5.74, 6) is 0. The summed E-state index contributed by atoms with van der Waals surface area (Å²) in [6, 6.07) is 18.0. The standard InChI is InChI=1S/C20H22BFO2/c1-15(19(22)21-23-13-20(2,3)14-24-21)16-9-11-18(12-10-16)17-7-5-4-6-8-17/h4-12H,13-14H2,1-3H3/b19-15-. The van der Waals surface area contributed by atoms with E-state index in [1.165, 1.54) is 0 Å². The van der Waals surface area contributed by atoms with Gasteiger partial charge in [-0.15, -0.1) is 0 Å². The number of hydrogen-bond acceptors (Lipinski definition) is 2. The second-order valence-corrected chi connectivity index (χ2v) is 7.03. The van der Waals surface area contributed by atoms with Crippen LogP contribution in [-0.4, -0.2) is 20.3 Å². The second kappa shape index (κ2) is 6.92. The van der Waals surface area contributed by atoms with E-state index in [9.17, 15) is 4.39 Å². The highest BCUT2D eigenvalue weighted by Gasteiger charge is 2.36. The van der Waals surface area contributed by atoms with Gasteiger partial charge in [0.15, 0.2) is 0 Å². The molecule has 0 unspecified atom stereocenters. The molecule has 1 saturated heterocycles. The highest BCUT2D eigenvalue weighted by molar-refractivity contribution is 6.54. The average molecular weight is 324 g/mol. The molecule has 0 spiro atoms. The molecule has 0 aliphatic carbocycles. The topological polar surface area (TPSA) is 18.5 Å². The van der Waals surface area contributed by atoms with Gasteiger partial charge in [0.25, 0.3) is 0 Å². The largest absolute Gasteiger partial charge is 0.524 e. The van der Waals surface area contributed by atoms with Crippen molar-refractivity contribution in [3.05, 3.63) is 65.9 Å². The fourth-order valence-corrected chi connectivity index (χ4v) is 2.70. The molecule has 1 heterocycles. The minimum absolute atomic E-state index is 0.0674. The smallest absolute Gasteiger partial charge is 0.405 e. The minimum atomic E-state index is -0.896. The molecule has 0 radical (unpaired) electrons. The van der Waals surface area contributed by atoms with Crippen LogP contribution < -0.4 is 0 Å². The first kappa shape index (κ1) is 16.9. The van der Waals surface area contributed by atoms with Crippen LogP contribution in [0, 0.1) is 5.41 Å².